The number of methoxy groups -OCH3 is 2. The predicted octanol–water partition coefficient (Wildman–Crippen LogP) is 2.58. The summed E-state index contributed by atoms with van der Waals surface area (Å²) in [5, 5.41) is 14.7. The number of fused-ring (bicyclic) bond motifs is 1. The van der Waals surface area contributed by atoms with Crippen LogP contribution >= 0.6 is 11.3 Å². The SMILES string of the molecule is COc1ccc(NC(=O)c2c(O)c3sccc3n(C)c2=O)c(OC)c1. The molecular formula is C17H16N2O5S. The van der Waals surface area contributed by atoms with Gasteiger partial charge in [0.15, 0.2) is 5.75 Å². The van der Waals surface area contributed by atoms with Crippen molar-refractivity contribution in [2.24, 2.45) is 7.05 Å². The average molecular weight is 360 g/mol. The number of benzene rings is 1. The highest BCUT2D eigenvalue weighted by atomic mass is 32.1. The fraction of sp³-hybridized carbons (Fsp3) is 0.176. The minimum Gasteiger partial charge on any atom is -0.505 e. The van der Waals surface area contributed by atoms with Gasteiger partial charge in [0.25, 0.3) is 11.5 Å². The van der Waals surface area contributed by atoms with Crippen molar-refractivity contribution >= 4 is 33.1 Å². The maximum Gasteiger partial charge on any atom is 0.267 e. The first-order chi connectivity index (χ1) is 12.0. The van der Waals surface area contributed by atoms with E-state index in [1.54, 1.807) is 36.7 Å². The number of aromatic hydroxyl groups is 1. The van der Waals surface area contributed by atoms with Crippen LogP contribution < -0.4 is 20.3 Å². The van der Waals surface area contributed by atoms with Gasteiger partial charge in [-0.1, -0.05) is 0 Å². The first-order valence-electron chi connectivity index (χ1n) is 7.30. The van der Waals surface area contributed by atoms with Crippen LogP contribution in [0, 0.1) is 0 Å². The number of carbonyl (C=O) groups is 1. The molecule has 0 spiro atoms. The van der Waals surface area contributed by atoms with Gasteiger partial charge in [0.2, 0.25) is 0 Å². The molecule has 3 aromatic rings. The summed E-state index contributed by atoms with van der Waals surface area (Å²) in [4.78, 5) is 25.1. The minimum atomic E-state index is -0.711. The molecule has 3 rings (SSSR count). The van der Waals surface area contributed by atoms with Crippen LogP contribution in [0.5, 0.6) is 17.2 Å². The topological polar surface area (TPSA) is 89.8 Å². The molecule has 2 heterocycles. The lowest BCUT2D eigenvalue weighted by molar-refractivity contribution is 0.102. The van der Waals surface area contributed by atoms with Crippen LogP contribution in [0.3, 0.4) is 0 Å². The van der Waals surface area contributed by atoms with Crippen molar-refractivity contribution in [3.05, 3.63) is 45.6 Å². The van der Waals surface area contributed by atoms with Crippen molar-refractivity contribution in [3.63, 3.8) is 0 Å². The number of nitrogens with one attached hydrogen (secondary N) is 1. The van der Waals surface area contributed by atoms with Crippen LogP contribution in [0.15, 0.2) is 34.4 Å². The number of hydrogen-bond acceptors (Lipinski definition) is 6. The van der Waals surface area contributed by atoms with E-state index in [-0.39, 0.29) is 11.3 Å². The number of rotatable bonds is 4. The minimum absolute atomic E-state index is 0.310. The zero-order chi connectivity index (χ0) is 18.1. The number of anilines is 1. The lowest BCUT2D eigenvalue weighted by Crippen LogP contribution is -2.28. The average Bonchev–Trinajstić information content (AvgIpc) is 3.10. The molecule has 0 saturated carbocycles. The van der Waals surface area contributed by atoms with Gasteiger partial charge < -0.3 is 24.5 Å². The first-order valence-corrected chi connectivity index (χ1v) is 8.18. The molecule has 0 bridgehead atoms. The lowest BCUT2D eigenvalue weighted by atomic mass is 10.2. The van der Waals surface area contributed by atoms with Gasteiger partial charge in [0.1, 0.15) is 17.1 Å². The largest absolute Gasteiger partial charge is 0.505 e. The summed E-state index contributed by atoms with van der Waals surface area (Å²) >= 11 is 1.26. The number of nitrogens with zero attached hydrogens (tertiary/aromatic N) is 1. The van der Waals surface area contributed by atoms with Crippen molar-refractivity contribution in [1.82, 2.24) is 4.57 Å². The van der Waals surface area contributed by atoms with Crippen LogP contribution in [0.1, 0.15) is 10.4 Å². The molecule has 8 heteroatoms. The highest BCUT2D eigenvalue weighted by Gasteiger charge is 2.22. The van der Waals surface area contributed by atoms with Crippen molar-refractivity contribution in [2.45, 2.75) is 0 Å². The third-order valence-corrected chi connectivity index (χ3v) is 4.77. The number of thiophene rings is 1. The van der Waals surface area contributed by atoms with Gasteiger partial charge in [-0.15, -0.1) is 11.3 Å². The summed E-state index contributed by atoms with van der Waals surface area (Å²) in [6.45, 7) is 0. The number of pyridine rings is 1. The lowest BCUT2D eigenvalue weighted by Gasteiger charge is -2.13. The molecule has 0 unspecified atom stereocenters. The smallest absolute Gasteiger partial charge is 0.267 e. The normalized spacial score (nSPS) is 10.7. The molecule has 1 amide bonds. The molecule has 25 heavy (non-hydrogen) atoms. The molecule has 0 saturated heterocycles. The van der Waals surface area contributed by atoms with Crippen molar-refractivity contribution in [2.75, 3.05) is 19.5 Å². The van der Waals surface area contributed by atoms with Crippen LogP contribution in [-0.2, 0) is 7.05 Å². The molecular weight excluding hydrogens is 344 g/mol. The summed E-state index contributed by atoms with van der Waals surface area (Å²) in [6.07, 6.45) is 0. The molecule has 0 fully saturated rings. The van der Waals surface area contributed by atoms with E-state index in [1.807, 2.05) is 0 Å². The summed E-state index contributed by atoms with van der Waals surface area (Å²) in [7, 11) is 4.53. The summed E-state index contributed by atoms with van der Waals surface area (Å²) < 4.78 is 12.2. The second-order valence-corrected chi connectivity index (χ2v) is 6.16. The van der Waals surface area contributed by atoms with Gasteiger partial charge in [-0.3, -0.25) is 9.59 Å². The van der Waals surface area contributed by atoms with Crippen LogP contribution in [0.2, 0.25) is 0 Å². The number of ether oxygens (including phenoxy) is 2. The predicted molar refractivity (Wildman–Crippen MR) is 96.2 cm³/mol. The Labute approximate surface area is 147 Å². The van der Waals surface area contributed by atoms with Crippen LogP contribution in [0.4, 0.5) is 5.69 Å². The number of aromatic nitrogens is 1. The number of hydrogen-bond donors (Lipinski definition) is 2. The molecule has 0 radical (unpaired) electrons. The van der Waals surface area contributed by atoms with Crippen molar-refractivity contribution in [3.8, 4) is 17.2 Å². The standard InChI is InChI=1S/C17H16N2O5S/c1-19-11-6-7-25-15(11)14(20)13(17(19)22)16(21)18-10-5-4-9(23-2)8-12(10)24-3/h4-8,20H,1-3H3,(H,18,21). The van der Waals surface area contributed by atoms with E-state index in [9.17, 15) is 14.7 Å². The van der Waals surface area contributed by atoms with Crippen molar-refractivity contribution in [1.29, 1.82) is 0 Å². The maximum absolute atomic E-state index is 12.6. The van der Waals surface area contributed by atoms with E-state index in [1.165, 1.54) is 30.1 Å². The van der Waals surface area contributed by atoms with Crippen LogP contribution in [0.25, 0.3) is 10.2 Å². The molecule has 2 N–H and O–H groups in total. The van der Waals surface area contributed by atoms with E-state index < -0.39 is 11.5 Å². The quantitative estimate of drug-likeness (QED) is 0.746. The van der Waals surface area contributed by atoms with E-state index in [4.69, 9.17) is 9.47 Å². The summed E-state index contributed by atoms with van der Waals surface area (Å²) in [6, 6.07) is 6.57. The Balaban J connectivity index is 2.05. The van der Waals surface area contributed by atoms with E-state index in [2.05, 4.69) is 5.32 Å². The van der Waals surface area contributed by atoms with Gasteiger partial charge in [-0.05, 0) is 23.6 Å². The van der Waals surface area contributed by atoms with Gasteiger partial charge >= 0.3 is 0 Å². The molecule has 0 atom stereocenters. The zero-order valence-electron chi connectivity index (χ0n) is 13.8. The Bertz CT molecular complexity index is 1020. The first kappa shape index (κ1) is 16.8. The molecule has 7 nitrogen and oxygen atoms in total. The second-order valence-electron chi connectivity index (χ2n) is 5.24. The Morgan fingerprint density at radius 1 is 1.24 bits per heavy atom. The third kappa shape index (κ3) is 2.80. The third-order valence-electron chi connectivity index (χ3n) is 3.86. The maximum atomic E-state index is 12.6. The Hall–Kier alpha value is -3.00. The zero-order valence-corrected chi connectivity index (χ0v) is 14.6. The fourth-order valence-electron chi connectivity index (χ4n) is 2.53. The molecule has 2 aromatic heterocycles. The van der Waals surface area contributed by atoms with Crippen LogP contribution in [-0.4, -0.2) is 29.8 Å². The van der Waals surface area contributed by atoms with Gasteiger partial charge in [0.05, 0.1) is 30.1 Å². The molecule has 0 aliphatic heterocycles. The second kappa shape index (κ2) is 6.48. The Morgan fingerprint density at radius 2 is 2.00 bits per heavy atom. The Kier molecular flexibility index (Phi) is 4.37. The molecule has 0 aliphatic carbocycles. The number of amides is 1. The number of carbonyl (C=O) groups excluding carboxylic acids is 1. The van der Waals surface area contributed by atoms with Gasteiger partial charge in [-0.2, -0.15) is 0 Å². The Morgan fingerprint density at radius 3 is 2.68 bits per heavy atom. The van der Waals surface area contributed by atoms with E-state index >= 15 is 0 Å². The summed E-state index contributed by atoms with van der Waals surface area (Å²) in [5.74, 6) is -0.0928. The number of aryl methyl sites for hydroxylation is 1. The highest BCUT2D eigenvalue weighted by molar-refractivity contribution is 7.17. The summed E-state index contributed by atoms with van der Waals surface area (Å²) in [5.41, 5.74) is 0.0517. The molecule has 0 aliphatic rings. The van der Waals surface area contributed by atoms with E-state index in [0.717, 1.165) is 0 Å². The highest BCUT2D eigenvalue weighted by Crippen LogP contribution is 2.33. The molecule has 130 valence electrons. The fourth-order valence-corrected chi connectivity index (χ4v) is 3.40. The monoisotopic (exact) mass is 360 g/mol. The van der Waals surface area contributed by atoms with Crippen molar-refractivity contribution < 1.29 is 19.4 Å². The van der Waals surface area contributed by atoms with E-state index in [0.29, 0.717) is 27.4 Å². The van der Waals surface area contributed by atoms with Gasteiger partial charge in [-0.25, -0.2) is 0 Å². The van der Waals surface area contributed by atoms with Gasteiger partial charge in [0, 0.05) is 13.1 Å². The molecule has 1 aromatic carbocycles.